The van der Waals surface area contributed by atoms with Crippen LogP contribution >= 0.6 is 0 Å². The van der Waals surface area contributed by atoms with Gasteiger partial charge in [0.25, 0.3) is 0 Å². The SMILES string of the molecule is CC(C)c1ccc2ccc3c(C(C)C)cc(-c4ccc5ccc(-c6ccc7c(ccc8ccccc87)c6)cc5c4)c4ccc1c2c43. The molecule has 0 nitrogen and oxygen atoms in total. The molecule has 0 aliphatic carbocycles. The van der Waals surface area contributed by atoms with Gasteiger partial charge < -0.3 is 0 Å². The molecule has 0 aliphatic heterocycles. The molecule has 0 aromatic heterocycles. The second-order valence-corrected chi connectivity index (χ2v) is 13.7. The monoisotopic (exact) mass is 588 g/mol. The average Bonchev–Trinajstić information content (AvgIpc) is 3.09. The highest BCUT2D eigenvalue weighted by atomic mass is 14.2. The summed E-state index contributed by atoms with van der Waals surface area (Å²) >= 11 is 0. The topological polar surface area (TPSA) is 0 Å². The Morgan fingerprint density at radius 1 is 0.326 bits per heavy atom. The fraction of sp³-hybridized carbons (Fsp3) is 0.130. The Morgan fingerprint density at radius 3 is 1.70 bits per heavy atom. The molecule has 0 fully saturated rings. The Balaban J connectivity index is 1.24. The van der Waals surface area contributed by atoms with Gasteiger partial charge in [0.15, 0.2) is 0 Å². The van der Waals surface area contributed by atoms with Crippen molar-refractivity contribution in [1.82, 2.24) is 0 Å². The van der Waals surface area contributed by atoms with Crippen molar-refractivity contribution in [2.24, 2.45) is 0 Å². The molecule has 0 unspecified atom stereocenters. The normalized spacial score (nSPS) is 12.3. The third-order valence-electron chi connectivity index (χ3n) is 10.3. The molecule has 9 aromatic rings. The summed E-state index contributed by atoms with van der Waals surface area (Å²) in [6.45, 7) is 9.27. The maximum absolute atomic E-state index is 2.47. The predicted molar refractivity (Wildman–Crippen MR) is 202 cm³/mol. The Hall–Kier alpha value is -5.20. The molecule has 9 aromatic carbocycles. The average molecular weight is 589 g/mol. The van der Waals surface area contributed by atoms with E-state index >= 15 is 0 Å². The molecule has 0 heteroatoms. The lowest BCUT2D eigenvalue weighted by Crippen LogP contribution is -1.97. The molecule has 0 aliphatic rings. The Kier molecular flexibility index (Phi) is 5.99. The van der Waals surface area contributed by atoms with Crippen LogP contribution in [0.15, 0.2) is 133 Å². The maximum atomic E-state index is 2.47. The Morgan fingerprint density at radius 2 is 0.870 bits per heavy atom. The summed E-state index contributed by atoms with van der Waals surface area (Å²) in [5, 5.41) is 16.0. The zero-order chi connectivity index (χ0) is 31.1. The molecule has 0 N–H and O–H groups in total. The van der Waals surface area contributed by atoms with Crippen molar-refractivity contribution in [1.29, 1.82) is 0 Å². The zero-order valence-corrected chi connectivity index (χ0v) is 26.9. The van der Waals surface area contributed by atoms with E-state index < -0.39 is 0 Å². The lowest BCUT2D eigenvalue weighted by Gasteiger charge is -2.21. The van der Waals surface area contributed by atoms with E-state index in [9.17, 15) is 0 Å². The van der Waals surface area contributed by atoms with Gasteiger partial charge in [0, 0.05) is 0 Å². The van der Waals surface area contributed by atoms with E-state index in [1.54, 1.807) is 0 Å². The van der Waals surface area contributed by atoms with Crippen molar-refractivity contribution in [2.45, 2.75) is 39.5 Å². The van der Waals surface area contributed by atoms with Gasteiger partial charge in [-0.25, -0.2) is 0 Å². The third kappa shape index (κ3) is 4.06. The number of hydrogen-bond donors (Lipinski definition) is 0. The number of benzene rings is 9. The van der Waals surface area contributed by atoms with Crippen LogP contribution in [0, 0.1) is 0 Å². The molecule has 0 atom stereocenters. The van der Waals surface area contributed by atoms with Gasteiger partial charge in [0.2, 0.25) is 0 Å². The number of hydrogen-bond acceptors (Lipinski definition) is 0. The van der Waals surface area contributed by atoms with Gasteiger partial charge in [0.05, 0.1) is 0 Å². The maximum Gasteiger partial charge on any atom is -0.00176 e. The largest absolute Gasteiger partial charge is 0.0616 e. The van der Waals surface area contributed by atoms with Crippen LogP contribution < -0.4 is 0 Å². The molecule has 46 heavy (non-hydrogen) atoms. The van der Waals surface area contributed by atoms with Crippen LogP contribution in [-0.4, -0.2) is 0 Å². The van der Waals surface area contributed by atoms with Crippen LogP contribution in [-0.2, 0) is 0 Å². The summed E-state index contributed by atoms with van der Waals surface area (Å²) in [4.78, 5) is 0. The second kappa shape index (κ2) is 10.2. The van der Waals surface area contributed by atoms with Crippen LogP contribution in [0.3, 0.4) is 0 Å². The van der Waals surface area contributed by atoms with E-state index in [-0.39, 0.29) is 0 Å². The first-order valence-corrected chi connectivity index (χ1v) is 16.6. The van der Waals surface area contributed by atoms with E-state index in [0.29, 0.717) is 11.8 Å². The van der Waals surface area contributed by atoms with Crippen molar-refractivity contribution < 1.29 is 0 Å². The molecule has 220 valence electrons. The first-order chi connectivity index (χ1) is 22.4. The lowest BCUT2D eigenvalue weighted by molar-refractivity contribution is 0.876. The van der Waals surface area contributed by atoms with Gasteiger partial charge in [-0.2, -0.15) is 0 Å². The minimum Gasteiger partial charge on any atom is -0.0616 e. The quantitative estimate of drug-likeness (QED) is 0.179. The highest BCUT2D eigenvalue weighted by molar-refractivity contribution is 6.27. The molecule has 0 bridgehead atoms. The van der Waals surface area contributed by atoms with E-state index in [4.69, 9.17) is 0 Å². The Bertz CT molecular complexity index is 2630. The van der Waals surface area contributed by atoms with Crippen molar-refractivity contribution >= 4 is 64.6 Å². The van der Waals surface area contributed by atoms with Gasteiger partial charge in [-0.05, 0) is 134 Å². The van der Waals surface area contributed by atoms with Crippen molar-refractivity contribution in [3.63, 3.8) is 0 Å². The standard InChI is InChI=1S/C46H36/c1-27(2)37-18-15-31-16-20-41-43(28(3)4)26-44(42-22-21-40(37)45(31)46(41)42)35-13-10-29-9-12-32(24-36(29)25-35)33-17-19-39-34(23-33)14-11-30-7-5-6-8-38(30)39/h5-28H,1-4H3. The summed E-state index contributed by atoms with van der Waals surface area (Å²) in [5.41, 5.74) is 7.95. The zero-order valence-electron chi connectivity index (χ0n) is 26.9. The van der Waals surface area contributed by atoms with Crippen molar-refractivity contribution in [3.05, 3.63) is 145 Å². The smallest absolute Gasteiger partial charge is 0.00176 e. The van der Waals surface area contributed by atoms with Gasteiger partial charge in [-0.3, -0.25) is 0 Å². The van der Waals surface area contributed by atoms with Crippen LogP contribution in [0.4, 0.5) is 0 Å². The van der Waals surface area contributed by atoms with Crippen molar-refractivity contribution in [2.75, 3.05) is 0 Å². The predicted octanol–water partition coefficient (Wildman–Crippen LogP) is 13.6. The molecule has 9 rings (SSSR count). The molecular weight excluding hydrogens is 553 g/mol. The Labute approximate surface area is 270 Å². The first-order valence-electron chi connectivity index (χ1n) is 16.6. The molecule has 0 saturated carbocycles. The van der Waals surface area contributed by atoms with Gasteiger partial charge in [-0.15, -0.1) is 0 Å². The number of fused-ring (bicyclic) bond motifs is 4. The van der Waals surface area contributed by atoms with Gasteiger partial charge in [0.1, 0.15) is 0 Å². The van der Waals surface area contributed by atoms with E-state index in [0.717, 1.165) is 0 Å². The van der Waals surface area contributed by atoms with Crippen molar-refractivity contribution in [3.8, 4) is 22.3 Å². The van der Waals surface area contributed by atoms with Crippen LogP contribution in [0.1, 0.15) is 50.7 Å². The van der Waals surface area contributed by atoms with E-state index in [1.165, 1.54) is 98.0 Å². The minimum atomic E-state index is 0.421. The first kappa shape index (κ1) is 27.1. The van der Waals surface area contributed by atoms with E-state index in [1.807, 2.05) is 0 Å². The molecule has 0 spiro atoms. The summed E-state index contributed by atoms with van der Waals surface area (Å²) < 4.78 is 0. The molecule has 0 amide bonds. The molecule has 0 radical (unpaired) electrons. The molecular formula is C46H36. The summed E-state index contributed by atoms with van der Waals surface area (Å²) in [6, 6.07) is 50.6. The van der Waals surface area contributed by atoms with Crippen LogP contribution in [0.5, 0.6) is 0 Å². The fourth-order valence-corrected chi connectivity index (χ4v) is 7.95. The van der Waals surface area contributed by atoms with E-state index in [2.05, 4.69) is 161 Å². The van der Waals surface area contributed by atoms with Gasteiger partial charge >= 0.3 is 0 Å². The number of rotatable bonds is 4. The lowest BCUT2D eigenvalue weighted by atomic mass is 9.82. The summed E-state index contributed by atoms with van der Waals surface area (Å²) in [7, 11) is 0. The van der Waals surface area contributed by atoms with Gasteiger partial charge in [-0.1, -0.05) is 137 Å². The molecule has 0 saturated heterocycles. The summed E-state index contributed by atoms with van der Waals surface area (Å²) in [6.07, 6.45) is 0. The molecule has 0 heterocycles. The summed E-state index contributed by atoms with van der Waals surface area (Å²) in [5.74, 6) is 0.898. The van der Waals surface area contributed by atoms with Crippen LogP contribution in [0.2, 0.25) is 0 Å². The second-order valence-electron chi connectivity index (χ2n) is 13.7. The minimum absolute atomic E-state index is 0.421. The van der Waals surface area contributed by atoms with Crippen LogP contribution in [0.25, 0.3) is 86.9 Å². The highest BCUT2D eigenvalue weighted by Crippen LogP contribution is 2.45. The third-order valence-corrected chi connectivity index (χ3v) is 10.3. The highest BCUT2D eigenvalue weighted by Gasteiger charge is 2.19. The fourth-order valence-electron chi connectivity index (χ4n) is 7.95.